The molecule has 1 rings (SSSR count). The quantitative estimate of drug-likeness (QED) is 0.795. The SMILES string of the molecule is CCC1CN(C(=O)[C@H](N)C(C)C)CCS1. The van der Waals surface area contributed by atoms with Crippen LogP contribution in [0.2, 0.25) is 0 Å². The van der Waals surface area contributed by atoms with E-state index in [9.17, 15) is 4.79 Å². The highest BCUT2D eigenvalue weighted by Gasteiger charge is 2.27. The van der Waals surface area contributed by atoms with Gasteiger partial charge in [-0.15, -0.1) is 0 Å². The fourth-order valence-electron chi connectivity index (χ4n) is 1.66. The summed E-state index contributed by atoms with van der Waals surface area (Å²) in [4.78, 5) is 13.9. The molecular formula is C11H22N2OS. The van der Waals surface area contributed by atoms with Crippen molar-refractivity contribution < 1.29 is 4.79 Å². The molecule has 0 aromatic carbocycles. The first-order valence-electron chi connectivity index (χ1n) is 5.72. The lowest BCUT2D eigenvalue weighted by molar-refractivity contribution is -0.133. The minimum absolute atomic E-state index is 0.128. The van der Waals surface area contributed by atoms with E-state index >= 15 is 0 Å². The van der Waals surface area contributed by atoms with Crippen molar-refractivity contribution in [2.24, 2.45) is 11.7 Å². The molecule has 2 atom stereocenters. The lowest BCUT2D eigenvalue weighted by Gasteiger charge is -2.34. The van der Waals surface area contributed by atoms with Crippen LogP contribution in [0.25, 0.3) is 0 Å². The van der Waals surface area contributed by atoms with Gasteiger partial charge in [0.15, 0.2) is 0 Å². The highest BCUT2D eigenvalue weighted by Crippen LogP contribution is 2.21. The Morgan fingerprint density at radius 1 is 1.60 bits per heavy atom. The van der Waals surface area contributed by atoms with Crippen LogP contribution in [0, 0.1) is 5.92 Å². The second-order valence-corrected chi connectivity index (χ2v) is 5.86. The first-order chi connectivity index (χ1) is 7.06. The number of carbonyl (C=O) groups excluding carboxylic acids is 1. The normalized spacial score (nSPS) is 24.3. The molecule has 1 amide bonds. The lowest BCUT2D eigenvalue weighted by atomic mass is 10.0. The molecular weight excluding hydrogens is 208 g/mol. The predicted molar refractivity (Wildman–Crippen MR) is 65.9 cm³/mol. The Bertz CT molecular complexity index is 221. The van der Waals surface area contributed by atoms with Crippen LogP contribution in [-0.2, 0) is 4.79 Å². The van der Waals surface area contributed by atoms with Gasteiger partial charge in [0.2, 0.25) is 5.91 Å². The van der Waals surface area contributed by atoms with Gasteiger partial charge >= 0.3 is 0 Å². The van der Waals surface area contributed by atoms with Gasteiger partial charge in [0.1, 0.15) is 0 Å². The summed E-state index contributed by atoms with van der Waals surface area (Å²) in [5, 5.41) is 0.599. The third kappa shape index (κ3) is 3.38. The fraction of sp³-hybridized carbons (Fsp3) is 0.909. The predicted octanol–water partition coefficient (Wildman–Crippen LogP) is 1.32. The van der Waals surface area contributed by atoms with Gasteiger partial charge in [0.05, 0.1) is 6.04 Å². The molecule has 0 aliphatic carbocycles. The first kappa shape index (κ1) is 12.8. The number of hydrogen-bond acceptors (Lipinski definition) is 3. The Labute approximate surface area is 96.8 Å². The molecule has 0 radical (unpaired) electrons. The van der Waals surface area contributed by atoms with Gasteiger partial charge in [-0.3, -0.25) is 4.79 Å². The van der Waals surface area contributed by atoms with E-state index < -0.39 is 0 Å². The maximum Gasteiger partial charge on any atom is 0.239 e. The van der Waals surface area contributed by atoms with Gasteiger partial charge in [-0.05, 0) is 12.3 Å². The Morgan fingerprint density at radius 2 is 2.27 bits per heavy atom. The van der Waals surface area contributed by atoms with Crippen molar-refractivity contribution in [2.75, 3.05) is 18.8 Å². The molecule has 2 N–H and O–H groups in total. The zero-order valence-electron chi connectivity index (χ0n) is 9.90. The average Bonchev–Trinajstić information content (AvgIpc) is 2.27. The molecule has 3 nitrogen and oxygen atoms in total. The summed E-state index contributed by atoms with van der Waals surface area (Å²) in [6, 6.07) is -0.328. The number of carbonyl (C=O) groups is 1. The average molecular weight is 230 g/mol. The molecule has 1 heterocycles. The molecule has 88 valence electrons. The van der Waals surface area contributed by atoms with Crippen LogP contribution in [0.15, 0.2) is 0 Å². The Hall–Kier alpha value is -0.220. The van der Waals surface area contributed by atoms with Crippen molar-refractivity contribution in [3.63, 3.8) is 0 Å². The van der Waals surface area contributed by atoms with Crippen LogP contribution in [0.1, 0.15) is 27.2 Å². The van der Waals surface area contributed by atoms with Crippen molar-refractivity contribution in [3.05, 3.63) is 0 Å². The zero-order chi connectivity index (χ0) is 11.4. The third-order valence-corrected chi connectivity index (χ3v) is 4.28. The van der Waals surface area contributed by atoms with Gasteiger partial charge in [-0.1, -0.05) is 20.8 Å². The molecule has 0 aromatic heterocycles. The number of thioether (sulfide) groups is 1. The highest BCUT2D eigenvalue weighted by atomic mass is 32.2. The highest BCUT2D eigenvalue weighted by molar-refractivity contribution is 8.00. The summed E-state index contributed by atoms with van der Waals surface area (Å²) in [6.45, 7) is 7.91. The second-order valence-electron chi connectivity index (χ2n) is 4.46. The summed E-state index contributed by atoms with van der Waals surface area (Å²) in [5.41, 5.74) is 5.88. The smallest absolute Gasteiger partial charge is 0.239 e. The van der Waals surface area contributed by atoms with E-state index in [0.29, 0.717) is 5.25 Å². The Morgan fingerprint density at radius 3 is 2.80 bits per heavy atom. The van der Waals surface area contributed by atoms with E-state index in [-0.39, 0.29) is 17.9 Å². The monoisotopic (exact) mass is 230 g/mol. The van der Waals surface area contributed by atoms with Gasteiger partial charge in [0, 0.05) is 24.1 Å². The molecule has 0 saturated carbocycles. The number of nitrogens with zero attached hydrogens (tertiary/aromatic N) is 1. The fourth-order valence-corrected chi connectivity index (χ4v) is 2.84. The van der Waals surface area contributed by atoms with Gasteiger partial charge in [-0.2, -0.15) is 11.8 Å². The summed E-state index contributed by atoms with van der Waals surface area (Å²) in [7, 11) is 0. The third-order valence-electron chi connectivity index (χ3n) is 2.91. The van der Waals surface area contributed by atoms with Gasteiger partial charge in [-0.25, -0.2) is 0 Å². The summed E-state index contributed by atoms with van der Waals surface area (Å²) < 4.78 is 0. The Kier molecular flexibility index (Phi) is 4.93. The minimum atomic E-state index is -0.328. The second kappa shape index (κ2) is 5.75. The Balaban J connectivity index is 2.52. The van der Waals surface area contributed by atoms with Crippen molar-refractivity contribution in [1.29, 1.82) is 0 Å². The maximum absolute atomic E-state index is 12.0. The van der Waals surface area contributed by atoms with E-state index in [4.69, 9.17) is 5.73 Å². The molecule has 0 aromatic rings. The molecule has 1 fully saturated rings. The molecule has 4 heteroatoms. The lowest BCUT2D eigenvalue weighted by Crippen LogP contribution is -2.50. The topological polar surface area (TPSA) is 46.3 Å². The van der Waals surface area contributed by atoms with Crippen molar-refractivity contribution in [3.8, 4) is 0 Å². The van der Waals surface area contributed by atoms with Crippen LogP contribution in [0.5, 0.6) is 0 Å². The number of amides is 1. The van der Waals surface area contributed by atoms with Crippen LogP contribution >= 0.6 is 11.8 Å². The molecule has 1 saturated heterocycles. The van der Waals surface area contributed by atoms with E-state index in [2.05, 4.69) is 6.92 Å². The summed E-state index contributed by atoms with van der Waals surface area (Å²) in [5.74, 6) is 1.41. The van der Waals surface area contributed by atoms with Gasteiger partial charge in [0.25, 0.3) is 0 Å². The molecule has 0 bridgehead atoms. The first-order valence-corrected chi connectivity index (χ1v) is 6.77. The molecule has 0 spiro atoms. The zero-order valence-corrected chi connectivity index (χ0v) is 10.7. The van der Waals surface area contributed by atoms with Crippen LogP contribution in [0.4, 0.5) is 0 Å². The largest absolute Gasteiger partial charge is 0.339 e. The van der Waals surface area contributed by atoms with Crippen LogP contribution in [0.3, 0.4) is 0 Å². The standard InChI is InChI=1S/C11H22N2OS/c1-4-9-7-13(5-6-15-9)11(14)10(12)8(2)3/h8-10H,4-7,12H2,1-3H3/t9?,10-/m1/s1. The van der Waals surface area contributed by atoms with E-state index in [0.717, 1.165) is 25.3 Å². The van der Waals surface area contributed by atoms with Crippen LogP contribution in [-0.4, -0.2) is 40.9 Å². The van der Waals surface area contributed by atoms with Crippen molar-refractivity contribution >= 4 is 17.7 Å². The summed E-state index contributed by atoms with van der Waals surface area (Å²) in [6.07, 6.45) is 1.13. The molecule has 15 heavy (non-hydrogen) atoms. The van der Waals surface area contributed by atoms with Crippen molar-refractivity contribution in [2.45, 2.75) is 38.5 Å². The van der Waals surface area contributed by atoms with E-state index in [1.165, 1.54) is 0 Å². The van der Waals surface area contributed by atoms with Gasteiger partial charge < -0.3 is 10.6 Å². The van der Waals surface area contributed by atoms with E-state index in [1.807, 2.05) is 30.5 Å². The molecule has 1 unspecified atom stereocenters. The van der Waals surface area contributed by atoms with E-state index in [1.54, 1.807) is 0 Å². The number of rotatable bonds is 3. The summed E-state index contributed by atoms with van der Waals surface area (Å²) >= 11 is 1.97. The van der Waals surface area contributed by atoms with Crippen molar-refractivity contribution in [1.82, 2.24) is 4.90 Å². The number of hydrogen-bond donors (Lipinski definition) is 1. The molecule has 1 aliphatic rings. The number of nitrogens with two attached hydrogens (primary N) is 1. The maximum atomic E-state index is 12.0. The minimum Gasteiger partial charge on any atom is -0.339 e. The van der Waals surface area contributed by atoms with Crippen LogP contribution < -0.4 is 5.73 Å². The molecule has 1 aliphatic heterocycles.